The molecule has 0 bridgehead atoms. The molecule has 0 aliphatic carbocycles. The first kappa shape index (κ1) is 43.7. The van der Waals surface area contributed by atoms with Crippen molar-refractivity contribution in [2.24, 2.45) is 0 Å². The molecule has 0 saturated heterocycles. The summed E-state index contributed by atoms with van der Waals surface area (Å²) >= 11 is 12.4. The van der Waals surface area contributed by atoms with Crippen LogP contribution in [0.3, 0.4) is 0 Å². The van der Waals surface area contributed by atoms with Crippen molar-refractivity contribution in [3.63, 3.8) is 0 Å². The van der Waals surface area contributed by atoms with E-state index in [0.29, 0.717) is 31.4 Å². The lowest BCUT2D eigenvalue weighted by molar-refractivity contribution is -0.129. The molecule has 3 atom stereocenters. The highest BCUT2D eigenvalue weighted by Gasteiger charge is 2.45. The van der Waals surface area contributed by atoms with Crippen molar-refractivity contribution < 1.29 is 47.0 Å². The van der Waals surface area contributed by atoms with Crippen molar-refractivity contribution in [1.29, 1.82) is 0 Å². The van der Waals surface area contributed by atoms with Gasteiger partial charge in [-0.2, -0.15) is 0 Å². The Morgan fingerprint density at radius 1 is 0.700 bits per heavy atom. The van der Waals surface area contributed by atoms with E-state index in [4.69, 9.17) is 23.2 Å². The Morgan fingerprint density at radius 2 is 1.13 bits per heavy atom. The summed E-state index contributed by atoms with van der Waals surface area (Å²) in [6.45, 7) is 7.92. The van der Waals surface area contributed by atoms with E-state index in [2.05, 4.69) is 10.6 Å². The summed E-state index contributed by atoms with van der Waals surface area (Å²) < 4.78 is 65.8. The van der Waals surface area contributed by atoms with Crippen LogP contribution in [0, 0.1) is 37.1 Å². The number of amides is 2. The topological polar surface area (TPSA) is 143 Å². The molecule has 16 heteroatoms. The molecular formula is C44H40Cl2F4N4O6. The van der Waals surface area contributed by atoms with Gasteiger partial charge in [0, 0.05) is 68.1 Å². The maximum absolute atomic E-state index is 16.7. The molecule has 2 amide bonds. The third kappa shape index (κ3) is 7.69. The summed E-state index contributed by atoms with van der Waals surface area (Å²) in [7, 11) is 0. The van der Waals surface area contributed by atoms with Gasteiger partial charge in [-0.1, -0.05) is 55.6 Å². The maximum atomic E-state index is 16.7. The number of hydrogen-bond donors (Lipinski definition) is 4. The summed E-state index contributed by atoms with van der Waals surface area (Å²) in [6, 6.07) is 12.2. The van der Waals surface area contributed by atoms with Crippen LogP contribution in [0.4, 0.5) is 17.6 Å². The molecule has 0 aliphatic rings. The van der Waals surface area contributed by atoms with Gasteiger partial charge in [-0.25, -0.2) is 17.6 Å². The van der Waals surface area contributed by atoms with Crippen LogP contribution >= 0.6 is 23.2 Å². The molecule has 4 N–H and O–H groups in total. The Labute approximate surface area is 351 Å². The van der Waals surface area contributed by atoms with Crippen LogP contribution in [0.15, 0.2) is 60.7 Å². The fourth-order valence-corrected chi connectivity index (χ4v) is 8.02. The molecule has 2 heterocycles. The molecule has 0 saturated carbocycles. The number of hydrogen-bond acceptors (Lipinski definition) is 6. The number of fused-ring (bicyclic) bond motifs is 2. The van der Waals surface area contributed by atoms with E-state index in [-0.39, 0.29) is 50.2 Å². The number of carbonyl (C=O) groups is 4. The van der Waals surface area contributed by atoms with Gasteiger partial charge < -0.3 is 20.8 Å². The summed E-state index contributed by atoms with van der Waals surface area (Å²) in [4.78, 5) is 58.7. The molecule has 4 aromatic carbocycles. The number of carbonyl (C=O) groups excluding carboxylic acids is 4. The molecule has 0 radical (unpaired) electrons. The predicted molar refractivity (Wildman–Crippen MR) is 220 cm³/mol. The van der Waals surface area contributed by atoms with Crippen molar-refractivity contribution >= 4 is 68.6 Å². The number of phenols is 2. The van der Waals surface area contributed by atoms with Gasteiger partial charge in [0.15, 0.2) is 34.8 Å². The van der Waals surface area contributed by atoms with Crippen LogP contribution in [-0.2, 0) is 9.59 Å². The molecule has 10 nitrogen and oxygen atoms in total. The minimum atomic E-state index is -1.96. The highest BCUT2D eigenvalue weighted by atomic mass is 35.5. The van der Waals surface area contributed by atoms with Gasteiger partial charge in [-0.15, -0.1) is 0 Å². The highest BCUT2D eigenvalue weighted by Crippen LogP contribution is 2.48. The molecule has 6 rings (SSSR count). The summed E-state index contributed by atoms with van der Waals surface area (Å²) in [5, 5.41) is 26.0. The number of unbranched alkanes of at least 4 members (excludes halogenated alkanes) is 1. The Balaban J connectivity index is 1.79. The Kier molecular flexibility index (Phi) is 12.7. The lowest BCUT2D eigenvalue weighted by Crippen LogP contribution is -2.43. The normalized spacial score (nSPS) is 13.1. The van der Waals surface area contributed by atoms with Crippen molar-refractivity contribution in [3.05, 3.63) is 128 Å². The van der Waals surface area contributed by atoms with Crippen LogP contribution in [0.5, 0.6) is 11.5 Å². The molecule has 0 aliphatic heterocycles. The van der Waals surface area contributed by atoms with Crippen molar-refractivity contribution in [2.45, 2.75) is 71.8 Å². The largest absolute Gasteiger partial charge is 0.503 e. The van der Waals surface area contributed by atoms with Crippen LogP contribution in [-0.4, -0.2) is 55.6 Å². The second-order valence-corrected chi connectivity index (χ2v) is 15.4. The van der Waals surface area contributed by atoms with E-state index in [1.54, 1.807) is 13.8 Å². The van der Waals surface area contributed by atoms with Crippen molar-refractivity contribution in [1.82, 2.24) is 19.8 Å². The van der Waals surface area contributed by atoms with Gasteiger partial charge in [-0.05, 0) is 81.1 Å². The first-order chi connectivity index (χ1) is 28.4. The number of aromatic hydroxyl groups is 2. The Morgan fingerprint density at radius 3 is 1.53 bits per heavy atom. The van der Waals surface area contributed by atoms with E-state index < -0.39 is 98.1 Å². The number of benzene rings is 4. The van der Waals surface area contributed by atoms with E-state index in [0.717, 1.165) is 9.13 Å². The lowest BCUT2D eigenvalue weighted by Gasteiger charge is -2.29. The fourth-order valence-electron chi connectivity index (χ4n) is 7.64. The monoisotopic (exact) mass is 866 g/mol. The zero-order valence-electron chi connectivity index (χ0n) is 33.0. The number of aromatic nitrogens is 2. The Bertz CT molecular complexity index is 2730. The van der Waals surface area contributed by atoms with Crippen LogP contribution in [0.1, 0.15) is 95.1 Å². The minimum Gasteiger partial charge on any atom is -0.503 e. The smallest absolute Gasteiger partial charge is 0.262 e. The third-order valence-corrected chi connectivity index (χ3v) is 11.2. The van der Waals surface area contributed by atoms with Gasteiger partial charge in [0.25, 0.3) is 11.8 Å². The summed E-state index contributed by atoms with van der Waals surface area (Å²) in [5.74, 6) is -16.5. The second kappa shape index (κ2) is 17.4. The highest BCUT2D eigenvalue weighted by molar-refractivity contribution is 6.31. The Hall–Kier alpha value is -5.86. The SMILES string of the molecule is CCCCNC(=O)C(c1c(C)n(C(=O)c2cccc(Cl)c2)c2cc(F)c(O)c(F)c12)C(C(=O)NC(C)CC)c1c(C)n(C(=O)c2cccc(Cl)c2)c2cc(F)c(O)c(F)c12. The lowest BCUT2D eigenvalue weighted by atomic mass is 9.77. The van der Waals surface area contributed by atoms with Crippen molar-refractivity contribution in [2.75, 3.05) is 6.54 Å². The average Bonchev–Trinajstić information content (AvgIpc) is 3.65. The molecule has 60 heavy (non-hydrogen) atoms. The number of rotatable bonds is 12. The number of nitrogens with one attached hydrogen (secondary N) is 2. The standard InChI is InChI=1S/C44H40Cl2F4N4O6/c1-6-8-15-51-41(57)35(31-21(4)53(43(59)23-11-9-13-25(45)16-23)29-18-27(47)39(55)37(49)33(29)31)36(42(58)52-20(3)7-2)32-22(5)54(44(60)24-12-10-14-26(46)17-24)30-19-28(48)40(56)38(50)34(30)32/h9-14,16-20,35-36,55-56H,6-8,15H2,1-5H3,(H,51,57)(H,52,58). The molecule has 314 valence electrons. The third-order valence-electron chi connectivity index (χ3n) is 10.7. The molecule has 0 fully saturated rings. The zero-order valence-corrected chi connectivity index (χ0v) is 34.5. The predicted octanol–water partition coefficient (Wildman–Crippen LogP) is 9.56. The molecule has 0 spiro atoms. The molecule has 2 aromatic heterocycles. The van der Waals surface area contributed by atoms with Crippen LogP contribution < -0.4 is 10.6 Å². The van der Waals surface area contributed by atoms with Gasteiger partial charge in [0.05, 0.1) is 22.9 Å². The van der Waals surface area contributed by atoms with E-state index in [1.165, 1.54) is 62.4 Å². The van der Waals surface area contributed by atoms with E-state index in [9.17, 15) is 24.6 Å². The number of phenolic OH excluding ortho intramolecular Hbond substituents is 2. The molecular weight excluding hydrogens is 827 g/mol. The summed E-state index contributed by atoms with van der Waals surface area (Å²) in [5.41, 5.74) is -2.05. The van der Waals surface area contributed by atoms with Gasteiger partial charge in [0.1, 0.15) is 0 Å². The van der Waals surface area contributed by atoms with E-state index >= 15 is 22.4 Å². The minimum absolute atomic E-state index is 0.0292. The first-order valence-corrected chi connectivity index (χ1v) is 19.8. The van der Waals surface area contributed by atoms with Gasteiger partial charge in [0.2, 0.25) is 11.8 Å². The summed E-state index contributed by atoms with van der Waals surface area (Å²) in [6.07, 6.45) is 1.39. The number of nitrogens with zero attached hydrogens (tertiary/aromatic N) is 2. The second-order valence-electron chi connectivity index (χ2n) is 14.5. The molecule has 3 unspecified atom stereocenters. The average molecular weight is 868 g/mol. The fraction of sp³-hybridized carbons (Fsp3) is 0.273. The zero-order chi connectivity index (χ0) is 43.9. The molecule has 6 aromatic rings. The van der Waals surface area contributed by atoms with Gasteiger partial charge in [-0.3, -0.25) is 28.3 Å². The first-order valence-electron chi connectivity index (χ1n) is 19.1. The number of halogens is 6. The van der Waals surface area contributed by atoms with Crippen LogP contribution in [0.25, 0.3) is 21.8 Å². The van der Waals surface area contributed by atoms with Crippen LogP contribution in [0.2, 0.25) is 10.0 Å². The maximum Gasteiger partial charge on any atom is 0.262 e. The van der Waals surface area contributed by atoms with Crippen molar-refractivity contribution in [3.8, 4) is 11.5 Å². The van der Waals surface area contributed by atoms with E-state index in [1.807, 2.05) is 6.92 Å². The van der Waals surface area contributed by atoms with Gasteiger partial charge >= 0.3 is 0 Å². The quantitative estimate of drug-likeness (QED) is 0.0713.